The topological polar surface area (TPSA) is 81.2 Å². The Kier molecular flexibility index (Phi) is 5.16. The minimum absolute atomic E-state index is 0.0141. The lowest BCUT2D eigenvalue weighted by atomic mass is 10.1. The first-order valence-corrected chi connectivity index (χ1v) is 10.4. The van der Waals surface area contributed by atoms with Gasteiger partial charge >= 0.3 is 0 Å². The number of carbonyl (C=O) groups excluding carboxylic acids is 1. The molecule has 2 aromatic heterocycles. The molecule has 1 amide bonds. The zero-order valence-corrected chi connectivity index (χ0v) is 17.1. The number of likely N-dealkylation sites (tertiary alicyclic amines) is 1. The van der Waals surface area contributed by atoms with Gasteiger partial charge in [-0.3, -0.25) is 14.2 Å². The van der Waals surface area contributed by atoms with E-state index in [0.29, 0.717) is 36.2 Å². The number of fused-ring (bicyclic) bond motifs is 2. The van der Waals surface area contributed by atoms with Crippen molar-refractivity contribution in [1.82, 2.24) is 19.6 Å². The number of amides is 1. The summed E-state index contributed by atoms with van der Waals surface area (Å²) in [6.45, 7) is -0.310. The average Bonchev–Trinajstić information content (AvgIpc) is 3.43. The van der Waals surface area contributed by atoms with Gasteiger partial charge in [0.05, 0.1) is 29.9 Å². The molecule has 32 heavy (non-hydrogen) atoms. The van der Waals surface area contributed by atoms with E-state index in [0.717, 1.165) is 9.95 Å². The highest BCUT2D eigenvalue weighted by molar-refractivity contribution is 5.86. The molecule has 164 valence electrons. The molecular weight excluding hydrogens is 418 g/mol. The molecule has 7 nitrogen and oxygen atoms in total. The Bertz CT molecular complexity index is 1360. The van der Waals surface area contributed by atoms with Crippen LogP contribution in [0, 0.1) is 0 Å². The van der Waals surface area contributed by atoms with E-state index in [2.05, 4.69) is 10.1 Å². The number of alkyl halides is 2. The zero-order chi connectivity index (χ0) is 22.2. The number of carbonyl (C=O) groups is 1. The number of halogens is 2. The lowest BCUT2D eigenvalue weighted by molar-refractivity contribution is -0.131. The van der Waals surface area contributed by atoms with Crippen LogP contribution in [0.2, 0.25) is 0 Å². The molecule has 0 aliphatic carbocycles. The molecule has 9 heteroatoms. The molecule has 0 N–H and O–H groups in total. The highest BCUT2D eigenvalue weighted by Crippen LogP contribution is 2.32. The molecule has 0 spiro atoms. The Morgan fingerprint density at radius 3 is 2.69 bits per heavy atom. The molecule has 5 rings (SSSR count). The highest BCUT2D eigenvalue weighted by Gasteiger charge is 2.34. The molecule has 4 aromatic rings. The van der Waals surface area contributed by atoms with Crippen molar-refractivity contribution in [2.45, 2.75) is 38.3 Å². The molecule has 0 saturated carbocycles. The van der Waals surface area contributed by atoms with Crippen molar-refractivity contribution in [3.05, 3.63) is 70.4 Å². The van der Waals surface area contributed by atoms with Gasteiger partial charge in [0.15, 0.2) is 5.58 Å². The molecule has 0 radical (unpaired) electrons. The van der Waals surface area contributed by atoms with Crippen LogP contribution in [0.3, 0.4) is 0 Å². The summed E-state index contributed by atoms with van der Waals surface area (Å²) >= 11 is 0. The van der Waals surface area contributed by atoms with Crippen LogP contribution in [0.1, 0.15) is 30.4 Å². The van der Waals surface area contributed by atoms with Crippen LogP contribution in [0.15, 0.2) is 57.8 Å². The van der Waals surface area contributed by atoms with Crippen LogP contribution in [0.25, 0.3) is 21.9 Å². The number of benzene rings is 2. The summed E-state index contributed by atoms with van der Waals surface area (Å²) in [4.78, 5) is 32.4. The maximum atomic E-state index is 13.3. The quantitative estimate of drug-likeness (QED) is 0.475. The van der Waals surface area contributed by atoms with Gasteiger partial charge in [0, 0.05) is 11.9 Å². The molecule has 3 heterocycles. The van der Waals surface area contributed by atoms with Crippen molar-refractivity contribution >= 4 is 27.8 Å². The number of para-hydroxylation sites is 2. The Hall–Kier alpha value is -3.62. The second-order valence-electron chi connectivity index (χ2n) is 7.84. The number of hydrogen-bond acceptors (Lipinski definition) is 5. The molecule has 1 fully saturated rings. The molecule has 2 aromatic carbocycles. The van der Waals surface area contributed by atoms with Gasteiger partial charge in [-0.1, -0.05) is 29.4 Å². The summed E-state index contributed by atoms with van der Waals surface area (Å²) in [5, 5.41) is 5.06. The molecule has 1 aliphatic heterocycles. The van der Waals surface area contributed by atoms with Gasteiger partial charge in [0.1, 0.15) is 11.5 Å². The molecule has 0 bridgehead atoms. The number of rotatable bonds is 5. The standard InChI is InChI=1S/C23H20F2N4O3/c24-20(25)13-29-22(26-16-8-3-1-7-15(16)23(29)31)18-9-5-11-28(18)21(30)12-17-14-6-2-4-10-19(14)32-27-17/h1-4,6-8,10,18,20H,5,9,11-13H2. The normalized spacial score (nSPS) is 16.5. The van der Waals surface area contributed by atoms with E-state index in [4.69, 9.17) is 4.52 Å². The zero-order valence-electron chi connectivity index (χ0n) is 17.1. The minimum atomic E-state index is -2.72. The van der Waals surface area contributed by atoms with Gasteiger partial charge in [-0.2, -0.15) is 0 Å². The van der Waals surface area contributed by atoms with Crippen molar-refractivity contribution < 1.29 is 18.1 Å². The maximum absolute atomic E-state index is 13.3. The van der Waals surface area contributed by atoms with E-state index < -0.39 is 24.6 Å². The molecule has 1 saturated heterocycles. The first kappa shape index (κ1) is 20.3. The van der Waals surface area contributed by atoms with E-state index in [-0.39, 0.29) is 23.5 Å². The van der Waals surface area contributed by atoms with Gasteiger partial charge in [-0.15, -0.1) is 0 Å². The van der Waals surface area contributed by atoms with Crippen LogP contribution in [-0.4, -0.2) is 38.5 Å². The predicted octanol–water partition coefficient (Wildman–Crippen LogP) is 3.71. The molecule has 1 atom stereocenters. The van der Waals surface area contributed by atoms with E-state index in [1.165, 1.54) is 0 Å². The highest BCUT2D eigenvalue weighted by atomic mass is 19.3. The summed E-state index contributed by atoms with van der Waals surface area (Å²) < 4.78 is 33.0. The number of hydrogen-bond donors (Lipinski definition) is 0. The third-order valence-corrected chi connectivity index (χ3v) is 5.85. The minimum Gasteiger partial charge on any atom is -0.356 e. The van der Waals surface area contributed by atoms with Gasteiger partial charge in [-0.25, -0.2) is 13.8 Å². The molecule has 1 unspecified atom stereocenters. The molecule has 1 aliphatic rings. The van der Waals surface area contributed by atoms with E-state index in [9.17, 15) is 18.4 Å². The Labute approximate surface area is 181 Å². The first-order chi connectivity index (χ1) is 15.5. The van der Waals surface area contributed by atoms with Crippen LogP contribution < -0.4 is 5.56 Å². The summed E-state index contributed by atoms with van der Waals surface area (Å²) in [5.74, 6) is -0.0116. The maximum Gasteiger partial charge on any atom is 0.261 e. The monoisotopic (exact) mass is 438 g/mol. The van der Waals surface area contributed by atoms with Crippen LogP contribution in [0.5, 0.6) is 0 Å². The van der Waals surface area contributed by atoms with Crippen molar-refractivity contribution in [2.24, 2.45) is 0 Å². The van der Waals surface area contributed by atoms with Gasteiger partial charge in [0.2, 0.25) is 5.91 Å². The fraction of sp³-hybridized carbons (Fsp3) is 0.304. The van der Waals surface area contributed by atoms with Crippen molar-refractivity contribution in [1.29, 1.82) is 0 Å². The second-order valence-corrected chi connectivity index (χ2v) is 7.84. The summed E-state index contributed by atoms with van der Waals surface area (Å²) in [6.07, 6.45) is -1.48. The van der Waals surface area contributed by atoms with Crippen LogP contribution in [0.4, 0.5) is 8.78 Å². The predicted molar refractivity (Wildman–Crippen MR) is 113 cm³/mol. The van der Waals surface area contributed by atoms with E-state index in [1.807, 2.05) is 18.2 Å². The summed E-state index contributed by atoms with van der Waals surface area (Å²) in [5.41, 5.74) is 1.02. The smallest absolute Gasteiger partial charge is 0.261 e. The van der Waals surface area contributed by atoms with Crippen LogP contribution in [-0.2, 0) is 17.8 Å². The average molecular weight is 438 g/mol. The Balaban J connectivity index is 1.52. The fourth-order valence-electron chi connectivity index (χ4n) is 4.40. The van der Waals surface area contributed by atoms with Gasteiger partial charge in [0.25, 0.3) is 12.0 Å². The second kappa shape index (κ2) is 8.14. The Morgan fingerprint density at radius 1 is 1.12 bits per heavy atom. The van der Waals surface area contributed by atoms with Crippen LogP contribution >= 0.6 is 0 Å². The molecular formula is C23H20F2N4O3. The van der Waals surface area contributed by atoms with Crippen molar-refractivity contribution in [3.63, 3.8) is 0 Å². The SMILES string of the molecule is O=C(Cc1noc2ccccc12)N1CCCC1c1nc2ccccc2c(=O)n1CC(F)F. The summed E-state index contributed by atoms with van der Waals surface area (Å²) in [7, 11) is 0. The number of aromatic nitrogens is 3. The van der Waals surface area contributed by atoms with E-state index >= 15 is 0 Å². The number of nitrogens with zero attached hydrogens (tertiary/aromatic N) is 4. The third-order valence-electron chi connectivity index (χ3n) is 5.85. The third kappa shape index (κ3) is 3.53. The van der Waals surface area contributed by atoms with E-state index in [1.54, 1.807) is 35.2 Å². The van der Waals surface area contributed by atoms with Crippen molar-refractivity contribution in [2.75, 3.05) is 6.54 Å². The lowest BCUT2D eigenvalue weighted by Crippen LogP contribution is -2.37. The Morgan fingerprint density at radius 2 is 1.88 bits per heavy atom. The first-order valence-electron chi connectivity index (χ1n) is 10.4. The summed E-state index contributed by atoms with van der Waals surface area (Å²) in [6, 6.07) is 13.4. The van der Waals surface area contributed by atoms with Gasteiger partial charge in [-0.05, 0) is 37.1 Å². The lowest BCUT2D eigenvalue weighted by Gasteiger charge is -2.26. The van der Waals surface area contributed by atoms with Crippen molar-refractivity contribution in [3.8, 4) is 0 Å². The largest absolute Gasteiger partial charge is 0.356 e. The van der Waals surface area contributed by atoms with Gasteiger partial charge < -0.3 is 9.42 Å². The fourth-order valence-corrected chi connectivity index (χ4v) is 4.40.